The van der Waals surface area contributed by atoms with Crippen LogP contribution in [0.5, 0.6) is 0 Å². The van der Waals surface area contributed by atoms with Gasteiger partial charge in [-0.15, -0.1) is 0 Å². The van der Waals surface area contributed by atoms with E-state index in [1.165, 1.54) is 24.3 Å². The van der Waals surface area contributed by atoms with E-state index in [0.717, 1.165) is 25.7 Å². The summed E-state index contributed by atoms with van der Waals surface area (Å²) in [5, 5.41) is 4.50. The number of nitrogens with two attached hydrogens (primary N) is 1. The molecule has 2 heterocycles. The fourth-order valence-electron chi connectivity index (χ4n) is 3.17. The summed E-state index contributed by atoms with van der Waals surface area (Å²) in [5.41, 5.74) is 6.35. The zero-order chi connectivity index (χ0) is 16.0. The third-order valence-corrected chi connectivity index (χ3v) is 4.40. The molecule has 6 nitrogen and oxygen atoms in total. The molecule has 0 atom stereocenters. The maximum absolute atomic E-state index is 13.6. The summed E-state index contributed by atoms with van der Waals surface area (Å²) in [6.07, 6.45) is 3.66. The third-order valence-electron chi connectivity index (χ3n) is 4.40. The maximum atomic E-state index is 13.6. The van der Waals surface area contributed by atoms with Crippen LogP contribution in [0.3, 0.4) is 0 Å². The van der Waals surface area contributed by atoms with Gasteiger partial charge in [0.1, 0.15) is 5.82 Å². The Kier molecular flexibility index (Phi) is 3.05. The molecule has 3 N–H and O–H groups in total. The monoisotopic (exact) mass is 314 g/mol. The summed E-state index contributed by atoms with van der Waals surface area (Å²) in [6.45, 7) is 0. The fraction of sp³-hybridized carbons (Fsp3) is 0.312. The van der Waals surface area contributed by atoms with Crippen LogP contribution in [0.25, 0.3) is 22.4 Å². The van der Waals surface area contributed by atoms with Crippen molar-refractivity contribution < 1.29 is 8.91 Å². The van der Waals surface area contributed by atoms with Crippen LogP contribution >= 0.6 is 0 Å². The van der Waals surface area contributed by atoms with Crippen molar-refractivity contribution >= 4 is 10.9 Å². The van der Waals surface area contributed by atoms with Crippen LogP contribution in [0.1, 0.15) is 31.5 Å². The van der Waals surface area contributed by atoms with Gasteiger partial charge in [-0.25, -0.2) is 4.39 Å². The third kappa shape index (κ3) is 2.33. The summed E-state index contributed by atoms with van der Waals surface area (Å²) in [4.78, 5) is 18.9. The van der Waals surface area contributed by atoms with E-state index in [-0.39, 0.29) is 11.4 Å². The van der Waals surface area contributed by atoms with Crippen LogP contribution in [0, 0.1) is 5.82 Å². The number of aromatic amines is 1. The first-order valence-corrected chi connectivity index (χ1v) is 7.51. The quantitative estimate of drug-likeness (QED) is 0.757. The Morgan fingerprint density at radius 2 is 2.04 bits per heavy atom. The number of nitrogens with one attached hydrogen (secondary N) is 1. The topological polar surface area (TPSA) is 97.8 Å². The van der Waals surface area contributed by atoms with Crippen molar-refractivity contribution in [3.63, 3.8) is 0 Å². The molecule has 0 spiro atoms. The molecule has 4 rings (SSSR count). The van der Waals surface area contributed by atoms with Gasteiger partial charge in [0.2, 0.25) is 5.56 Å². The molecule has 1 aliphatic rings. The predicted octanol–water partition coefficient (Wildman–Crippen LogP) is 2.45. The molecule has 0 unspecified atom stereocenters. The number of nitrogens with zero attached hydrogens (tertiary/aromatic N) is 2. The van der Waals surface area contributed by atoms with Gasteiger partial charge >= 0.3 is 0 Å². The zero-order valence-corrected chi connectivity index (χ0v) is 12.3. The highest BCUT2D eigenvalue weighted by Gasteiger charge is 2.36. The Labute approximate surface area is 130 Å². The minimum atomic E-state index is -0.579. The van der Waals surface area contributed by atoms with Crippen molar-refractivity contribution in [3.8, 4) is 11.5 Å². The van der Waals surface area contributed by atoms with Crippen molar-refractivity contribution in [2.24, 2.45) is 5.73 Å². The van der Waals surface area contributed by atoms with Gasteiger partial charge in [-0.3, -0.25) is 4.79 Å². The van der Waals surface area contributed by atoms with Gasteiger partial charge in [0, 0.05) is 17.0 Å². The van der Waals surface area contributed by atoms with Gasteiger partial charge in [0.25, 0.3) is 5.89 Å². The Hall–Kier alpha value is -2.54. The average Bonchev–Trinajstić information content (AvgIpc) is 3.17. The standard InChI is InChI=1S/C16H15FN4O2/c17-9-3-4-12-10(7-9)11(8-13(22)19-12)14-20-15(21-23-14)16(18)5-1-2-6-16/h3-4,7-8H,1-2,5-6,18H2,(H,19,22). The largest absolute Gasteiger partial charge is 0.334 e. The molecule has 0 radical (unpaired) electrons. The smallest absolute Gasteiger partial charge is 0.258 e. The summed E-state index contributed by atoms with van der Waals surface area (Å²) < 4.78 is 18.9. The van der Waals surface area contributed by atoms with Gasteiger partial charge in [-0.1, -0.05) is 18.0 Å². The SMILES string of the molecule is NC1(c2noc(-c3cc(=O)[nH]c4ccc(F)cc34)n2)CCCC1. The highest BCUT2D eigenvalue weighted by molar-refractivity contribution is 5.92. The molecular formula is C16H15FN4O2. The number of aromatic nitrogens is 3. The Morgan fingerprint density at radius 1 is 1.26 bits per heavy atom. The average molecular weight is 314 g/mol. The Morgan fingerprint density at radius 3 is 2.83 bits per heavy atom. The first-order chi connectivity index (χ1) is 11.0. The van der Waals surface area contributed by atoms with Gasteiger partial charge in [-0.05, 0) is 31.0 Å². The van der Waals surface area contributed by atoms with Crippen molar-refractivity contribution in [2.45, 2.75) is 31.2 Å². The molecule has 1 aromatic carbocycles. The maximum Gasteiger partial charge on any atom is 0.258 e. The van der Waals surface area contributed by atoms with Crippen LogP contribution in [-0.2, 0) is 5.54 Å². The number of benzene rings is 1. The minimum Gasteiger partial charge on any atom is -0.334 e. The Balaban J connectivity index is 1.88. The number of hydrogen-bond donors (Lipinski definition) is 2. The fourth-order valence-corrected chi connectivity index (χ4v) is 3.17. The molecule has 0 bridgehead atoms. The molecule has 2 aromatic heterocycles. The second-order valence-electron chi connectivity index (χ2n) is 6.02. The molecule has 7 heteroatoms. The van der Waals surface area contributed by atoms with Gasteiger partial charge in [0.05, 0.1) is 11.1 Å². The second-order valence-corrected chi connectivity index (χ2v) is 6.02. The van der Waals surface area contributed by atoms with E-state index in [1.807, 2.05) is 0 Å². The number of H-pyrrole nitrogens is 1. The van der Waals surface area contributed by atoms with Crippen LogP contribution < -0.4 is 11.3 Å². The number of rotatable bonds is 2. The summed E-state index contributed by atoms with van der Waals surface area (Å²) in [5.74, 6) is 0.213. The van der Waals surface area contributed by atoms with E-state index in [9.17, 15) is 9.18 Å². The van der Waals surface area contributed by atoms with Crippen molar-refractivity contribution in [2.75, 3.05) is 0 Å². The lowest BCUT2D eigenvalue weighted by Crippen LogP contribution is -2.34. The van der Waals surface area contributed by atoms with E-state index in [1.54, 1.807) is 0 Å². The Bertz CT molecular complexity index is 941. The van der Waals surface area contributed by atoms with E-state index in [2.05, 4.69) is 15.1 Å². The van der Waals surface area contributed by atoms with Gasteiger partial charge in [-0.2, -0.15) is 4.98 Å². The van der Waals surface area contributed by atoms with E-state index >= 15 is 0 Å². The highest BCUT2D eigenvalue weighted by atomic mass is 19.1. The second kappa shape index (κ2) is 4.99. The molecule has 1 saturated carbocycles. The molecule has 1 fully saturated rings. The number of fused-ring (bicyclic) bond motifs is 1. The number of halogens is 1. The molecule has 1 aliphatic carbocycles. The van der Waals surface area contributed by atoms with E-state index in [0.29, 0.717) is 22.3 Å². The number of pyridine rings is 1. The minimum absolute atomic E-state index is 0.179. The van der Waals surface area contributed by atoms with Gasteiger partial charge < -0.3 is 15.2 Å². The van der Waals surface area contributed by atoms with Crippen LogP contribution in [0.4, 0.5) is 4.39 Å². The molecule has 0 saturated heterocycles. The molecule has 3 aromatic rings. The molecule has 0 amide bonds. The normalized spacial score (nSPS) is 17.0. The van der Waals surface area contributed by atoms with E-state index in [4.69, 9.17) is 10.3 Å². The molecule has 118 valence electrons. The lowest BCUT2D eigenvalue weighted by Gasteiger charge is -2.17. The zero-order valence-electron chi connectivity index (χ0n) is 12.3. The predicted molar refractivity (Wildman–Crippen MR) is 82.2 cm³/mol. The first kappa shape index (κ1) is 14.1. The first-order valence-electron chi connectivity index (χ1n) is 7.51. The van der Waals surface area contributed by atoms with E-state index < -0.39 is 11.4 Å². The lowest BCUT2D eigenvalue weighted by atomic mass is 9.98. The summed E-state index contributed by atoms with van der Waals surface area (Å²) >= 11 is 0. The van der Waals surface area contributed by atoms with Crippen LogP contribution in [-0.4, -0.2) is 15.1 Å². The van der Waals surface area contributed by atoms with Crippen LogP contribution in [0.15, 0.2) is 33.6 Å². The van der Waals surface area contributed by atoms with Crippen LogP contribution in [0.2, 0.25) is 0 Å². The molecular weight excluding hydrogens is 299 g/mol. The van der Waals surface area contributed by atoms with Gasteiger partial charge in [0.15, 0.2) is 5.82 Å². The highest BCUT2D eigenvalue weighted by Crippen LogP contribution is 2.36. The van der Waals surface area contributed by atoms with Crippen molar-refractivity contribution in [1.82, 2.24) is 15.1 Å². The summed E-state index contributed by atoms with van der Waals surface area (Å²) in [7, 11) is 0. The summed E-state index contributed by atoms with van der Waals surface area (Å²) in [6, 6.07) is 5.46. The molecule has 23 heavy (non-hydrogen) atoms. The van der Waals surface area contributed by atoms with Crippen molar-refractivity contribution in [1.29, 1.82) is 0 Å². The lowest BCUT2D eigenvalue weighted by molar-refractivity contribution is 0.373. The number of hydrogen-bond acceptors (Lipinski definition) is 5. The molecule has 0 aliphatic heterocycles. The van der Waals surface area contributed by atoms with Crippen molar-refractivity contribution in [3.05, 3.63) is 46.3 Å².